The second kappa shape index (κ2) is 7.26. The Kier molecular flexibility index (Phi) is 5.36. The molecule has 23 heavy (non-hydrogen) atoms. The van der Waals surface area contributed by atoms with Gasteiger partial charge in [-0.25, -0.2) is 4.79 Å². The van der Waals surface area contributed by atoms with Gasteiger partial charge in [-0.1, -0.05) is 48.6 Å². The first-order chi connectivity index (χ1) is 10.9. The van der Waals surface area contributed by atoms with Crippen LogP contribution in [0.3, 0.4) is 0 Å². The Balaban J connectivity index is 2.25. The topological polar surface area (TPSA) is 118 Å². The van der Waals surface area contributed by atoms with E-state index in [0.29, 0.717) is 11.0 Å². The molecule has 0 aliphatic heterocycles. The molecule has 0 spiro atoms. The first-order valence-electron chi connectivity index (χ1n) is 6.76. The van der Waals surface area contributed by atoms with Gasteiger partial charge in [0, 0.05) is 0 Å². The molecule has 0 unspecified atom stereocenters. The molecule has 0 radical (unpaired) electrons. The third-order valence-corrected chi connectivity index (χ3v) is 3.29. The second-order valence-corrected chi connectivity index (χ2v) is 4.90. The van der Waals surface area contributed by atoms with Gasteiger partial charge in [-0.3, -0.25) is 0 Å². The Morgan fingerprint density at radius 2 is 1.39 bits per heavy atom. The lowest BCUT2D eigenvalue weighted by Gasteiger charge is -2.06. The summed E-state index contributed by atoms with van der Waals surface area (Å²) in [4.78, 5) is 11.2. The van der Waals surface area contributed by atoms with Crippen LogP contribution < -0.4 is 10.9 Å². The average Bonchev–Trinajstić information content (AvgIpc) is 2.52. The van der Waals surface area contributed by atoms with Crippen molar-refractivity contribution in [3.05, 3.63) is 59.2 Å². The lowest BCUT2D eigenvalue weighted by atomic mass is 9.76. The number of aromatic carboxylic acids is 1. The van der Waals surface area contributed by atoms with E-state index in [1.54, 1.807) is 42.5 Å². The lowest BCUT2D eigenvalue weighted by Crippen LogP contribution is -2.34. The first-order valence-corrected chi connectivity index (χ1v) is 6.76. The number of carboxylic acids is 1. The van der Waals surface area contributed by atoms with E-state index in [0.717, 1.165) is 5.56 Å². The van der Waals surface area contributed by atoms with E-state index >= 15 is 0 Å². The van der Waals surface area contributed by atoms with E-state index in [4.69, 9.17) is 25.2 Å². The molecule has 5 N–H and O–H groups in total. The summed E-state index contributed by atoms with van der Waals surface area (Å²) in [5, 5.41) is 45.5. The van der Waals surface area contributed by atoms with Crippen molar-refractivity contribution in [3.63, 3.8) is 0 Å². The van der Waals surface area contributed by atoms with Crippen LogP contribution in [0.1, 0.15) is 21.5 Å². The molecule has 0 amide bonds. The van der Waals surface area contributed by atoms with Crippen molar-refractivity contribution in [2.75, 3.05) is 0 Å². The van der Waals surface area contributed by atoms with E-state index < -0.39 is 20.2 Å². The molecule has 0 atom stereocenters. The number of carbonyl (C=O) groups is 1. The SMILES string of the molecule is O=C(O)c1cc(/C=C/c2ccc(B(O)O)cc2)ccc1B(O)O. The standard InChI is InChI=1S/C15H14B2O6/c18-15(19)13-9-11(5-8-14(13)17(22)23)2-1-10-3-6-12(7-4-10)16(20)21/h1-9,20-23H,(H,18,19)/b2-1+. The van der Waals surface area contributed by atoms with Gasteiger partial charge in [0.25, 0.3) is 0 Å². The fourth-order valence-electron chi connectivity index (χ4n) is 2.06. The van der Waals surface area contributed by atoms with Gasteiger partial charge in [0.05, 0.1) is 5.56 Å². The molecule has 116 valence electrons. The molecule has 0 aliphatic carbocycles. The predicted molar refractivity (Wildman–Crippen MR) is 88.4 cm³/mol. The van der Waals surface area contributed by atoms with Crippen LogP contribution in [-0.2, 0) is 0 Å². The Morgan fingerprint density at radius 3 is 1.91 bits per heavy atom. The number of hydrogen-bond acceptors (Lipinski definition) is 5. The summed E-state index contributed by atoms with van der Waals surface area (Å²) in [7, 11) is -3.37. The van der Waals surface area contributed by atoms with E-state index in [9.17, 15) is 4.79 Å². The largest absolute Gasteiger partial charge is 0.489 e. The number of benzene rings is 2. The van der Waals surface area contributed by atoms with Crippen LogP contribution in [0, 0.1) is 0 Å². The van der Waals surface area contributed by atoms with E-state index in [-0.39, 0.29) is 11.0 Å². The maximum atomic E-state index is 11.2. The van der Waals surface area contributed by atoms with Gasteiger partial charge in [0.15, 0.2) is 0 Å². The van der Waals surface area contributed by atoms with Crippen molar-refractivity contribution >= 4 is 43.3 Å². The summed E-state index contributed by atoms with van der Waals surface area (Å²) in [6, 6.07) is 10.8. The molecule has 0 aromatic heterocycles. The summed E-state index contributed by atoms with van der Waals surface area (Å²) in [5.41, 5.74) is 1.49. The van der Waals surface area contributed by atoms with Gasteiger partial charge in [0.1, 0.15) is 0 Å². The minimum absolute atomic E-state index is 0.0732. The quantitative estimate of drug-likeness (QED) is 0.354. The molecular formula is C15H14B2O6. The average molecular weight is 312 g/mol. The van der Waals surface area contributed by atoms with Crippen molar-refractivity contribution in [1.29, 1.82) is 0 Å². The van der Waals surface area contributed by atoms with Crippen LogP contribution in [0.25, 0.3) is 12.2 Å². The highest BCUT2D eigenvalue weighted by atomic mass is 16.4. The zero-order valence-corrected chi connectivity index (χ0v) is 12.0. The smallest absolute Gasteiger partial charge is 0.478 e. The van der Waals surface area contributed by atoms with Gasteiger partial charge in [-0.2, -0.15) is 0 Å². The van der Waals surface area contributed by atoms with Gasteiger partial charge < -0.3 is 25.2 Å². The normalized spacial score (nSPS) is 10.8. The second-order valence-electron chi connectivity index (χ2n) is 4.90. The Bertz CT molecular complexity index is 725. The van der Waals surface area contributed by atoms with Crippen molar-refractivity contribution in [1.82, 2.24) is 0 Å². The Hall–Kier alpha value is -2.38. The highest BCUT2D eigenvalue weighted by molar-refractivity contribution is 6.60. The van der Waals surface area contributed by atoms with Gasteiger partial charge >= 0.3 is 20.2 Å². The highest BCUT2D eigenvalue weighted by Crippen LogP contribution is 2.10. The third-order valence-electron chi connectivity index (χ3n) is 3.29. The van der Waals surface area contributed by atoms with Crippen LogP contribution in [0.4, 0.5) is 0 Å². The van der Waals surface area contributed by atoms with Crippen LogP contribution in [-0.4, -0.2) is 45.4 Å². The summed E-state index contributed by atoms with van der Waals surface area (Å²) in [5.74, 6) is -1.25. The van der Waals surface area contributed by atoms with Crippen LogP contribution in [0.5, 0.6) is 0 Å². The first kappa shape index (κ1) is 17.0. The van der Waals surface area contributed by atoms with Crippen molar-refractivity contribution in [3.8, 4) is 0 Å². The molecule has 0 heterocycles. The van der Waals surface area contributed by atoms with E-state index in [2.05, 4.69) is 0 Å². The molecule has 2 rings (SSSR count). The van der Waals surface area contributed by atoms with Crippen molar-refractivity contribution in [2.24, 2.45) is 0 Å². The summed E-state index contributed by atoms with van der Waals surface area (Å²) in [6.07, 6.45) is 3.40. The molecule has 2 aromatic carbocycles. The van der Waals surface area contributed by atoms with Crippen molar-refractivity contribution < 1.29 is 30.0 Å². The maximum Gasteiger partial charge on any atom is 0.489 e. The Labute approximate surface area is 133 Å². The fourth-order valence-corrected chi connectivity index (χ4v) is 2.06. The summed E-state index contributed by atoms with van der Waals surface area (Å²) >= 11 is 0. The van der Waals surface area contributed by atoms with Crippen LogP contribution in [0.15, 0.2) is 42.5 Å². The minimum atomic E-state index is -1.85. The zero-order valence-electron chi connectivity index (χ0n) is 12.0. The minimum Gasteiger partial charge on any atom is -0.478 e. The van der Waals surface area contributed by atoms with Gasteiger partial charge in [-0.15, -0.1) is 0 Å². The monoisotopic (exact) mass is 312 g/mol. The molecule has 0 saturated heterocycles. The third kappa shape index (κ3) is 4.30. The molecule has 0 bridgehead atoms. The molecule has 6 nitrogen and oxygen atoms in total. The molecule has 0 aliphatic rings. The maximum absolute atomic E-state index is 11.2. The molecule has 0 fully saturated rings. The van der Waals surface area contributed by atoms with Gasteiger partial charge in [-0.05, 0) is 28.1 Å². The number of rotatable bonds is 5. The van der Waals surface area contributed by atoms with Crippen molar-refractivity contribution in [2.45, 2.75) is 0 Å². The van der Waals surface area contributed by atoms with Crippen LogP contribution in [0.2, 0.25) is 0 Å². The zero-order chi connectivity index (χ0) is 17.0. The number of carboxylic acid groups (broad SMARTS) is 1. The van der Waals surface area contributed by atoms with E-state index in [1.807, 2.05) is 0 Å². The molecule has 2 aromatic rings. The molecule has 0 saturated carbocycles. The lowest BCUT2D eigenvalue weighted by molar-refractivity contribution is 0.0697. The Morgan fingerprint density at radius 1 is 0.826 bits per heavy atom. The van der Waals surface area contributed by atoms with Crippen LogP contribution >= 0.6 is 0 Å². The molecule has 8 heteroatoms. The highest BCUT2D eigenvalue weighted by Gasteiger charge is 2.20. The fraction of sp³-hybridized carbons (Fsp3) is 0. The number of hydrogen-bond donors (Lipinski definition) is 5. The molecular weight excluding hydrogens is 298 g/mol. The summed E-state index contributed by atoms with van der Waals surface area (Å²) in [6.45, 7) is 0. The predicted octanol–water partition coefficient (Wildman–Crippen LogP) is -1.09. The van der Waals surface area contributed by atoms with Gasteiger partial charge in [0.2, 0.25) is 0 Å². The summed E-state index contributed by atoms with van der Waals surface area (Å²) < 4.78 is 0. The van der Waals surface area contributed by atoms with E-state index in [1.165, 1.54) is 12.1 Å².